The second-order valence-electron chi connectivity index (χ2n) is 6.95. The number of methoxy groups -OCH3 is 2. The molecule has 0 bridgehead atoms. The molecule has 1 atom stereocenters. The third-order valence-electron chi connectivity index (χ3n) is 5.03. The van der Waals surface area contributed by atoms with Crippen molar-refractivity contribution in [3.8, 4) is 11.5 Å². The van der Waals surface area contributed by atoms with Crippen LogP contribution in [0.25, 0.3) is 15.7 Å². The van der Waals surface area contributed by atoms with Crippen molar-refractivity contribution in [3.63, 3.8) is 0 Å². The van der Waals surface area contributed by atoms with Crippen LogP contribution in [0.2, 0.25) is 0 Å². The Bertz CT molecular complexity index is 1300. The molecule has 9 heteroatoms. The van der Waals surface area contributed by atoms with Crippen molar-refractivity contribution in [2.75, 3.05) is 14.2 Å². The van der Waals surface area contributed by atoms with E-state index in [0.29, 0.717) is 22.8 Å². The van der Waals surface area contributed by atoms with E-state index in [1.54, 1.807) is 37.7 Å². The van der Waals surface area contributed by atoms with Gasteiger partial charge in [0.2, 0.25) is 5.91 Å². The van der Waals surface area contributed by atoms with Gasteiger partial charge in [-0.25, -0.2) is 4.68 Å². The first-order chi connectivity index (χ1) is 14.4. The number of hydrogen-bond acceptors (Lipinski definition) is 6. The highest BCUT2D eigenvalue weighted by atomic mass is 32.1. The number of thiophene rings is 1. The number of rotatable bonds is 6. The number of carbonyl (C=O) groups is 1. The molecule has 3 aromatic heterocycles. The highest BCUT2D eigenvalue weighted by molar-refractivity contribution is 7.16. The van der Waals surface area contributed by atoms with Crippen molar-refractivity contribution in [3.05, 3.63) is 57.5 Å². The number of nitrogens with zero attached hydrogens (tertiary/aromatic N) is 3. The van der Waals surface area contributed by atoms with Gasteiger partial charge in [0, 0.05) is 10.9 Å². The van der Waals surface area contributed by atoms with Gasteiger partial charge in [0.1, 0.15) is 34.2 Å². The van der Waals surface area contributed by atoms with Crippen LogP contribution in [0.3, 0.4) is 0 Å². The summed E-state index contributed by atoms with van der Waals surface area (Å²) in [5.74, 6) is 1.64. The first-order valence-electron chi connectivity index (χ1n) is 9.40. The molecule has 0 saturated carbocycles. The number of carbonyl (C=O) groups excluding carboxylic acids is 1. The Morgan fingerprint density at radius 2 is 2.03 bits per heavy atom. The molecule has 0 aliphatic carbocycles. The summed E-state index contributed by atoms with van der Waals surface area (Å²) in [6.45, 7) is 3.50. The molecule has 1 N–H and O–H groups in total. The quantitative estimate of drug-likeness (QED) is 0.512. The second kappa shape index (κ2) is 7.83. The molecule has 0 aliphatic heterocycles. The summed E-state index contributed by atoms with van der Waals surface area (Å²) in [7, 11) is 3.15. The highest BCUT2D eigenvalue weighted by Gasteiger charge is 2.18. The molecule has 1 aromatic carbocycles. The first kappa shape index (κ1) is 20.0. The van der Waals surface area contributed by atoms with Crippen LogP contribution in [0.5, 0.6) is 11.5 Å². The normalized spacial score (nSPS) is 12.3. The Morgan fingerprint density at radius 1 is 1.23 bits per heavy atom. The number of aromatic nitrogens is 3. The van der Waals surface area contributed by atoms with E-state index < -0.39 is 0 Å². The Kier molecular flexibility index (Phi) is 5.21. The van der Waals surface area contributed by atoms with Crippen molar-refractivity contribution in [2.24, 2.45) is 0 Å². The molecular formula is C21H22N4O4S. The summed E-state index contributed by atoms with van der Waals surface area (Å²) >= 11 is 1.55. The van der Waals surface area contributed by atoms with E-state index >= 15 is 0 Å². The van der Waals surface area contributed by atoms with E-state index in [2.05, 4.69) is 10.4 Å². The second-order valence-corrected chi connectivity index (χ2v) is 7.85. The van der Waals surface area contributed by atoms with Crippen molar-refractivity contribution in [1.29, 1.82) is 0 Å². The number of fused-ring (bicyclic) bond motifs is 3. The average molecular weight is 426 g/mol. The summed E-state index contributed by atoms with van der Waals surface area (Å²) in [6, 6.07) is 8.85. The lowest BCUT2D eigenvalue weighted by atomic mass is 10.1. The molecule has 0 fully saturated rings. The summed E-state index contributed by atoms with van der Waals surface area (Å²) in [4.78, 5) is 26.6. The lowest BCUT2D eigenvalue weighted by Crippen LogP contribution is -2.36. The molecule has 0 saturated heterocycles. The number of nitrogens with one attached hydrogen (secondary N) is 1. The molecule has 8 nitrogen and oxygen atoms in total. The molecule has 1 amide bonds. The molecular weight excluding hydrogens is 404 g/mol. The van der Waals surface area contributed by atoms with E-state index in [0.717, 1.165) is 15.8 Å². The number of hydrogen-bond donors (Lipinski definition) is 1. The predicted octanol–water partition coefficient (Wildman–Crippen LogP) is 2.91. The maximum Gasteiger partial charge on any atom is 0.291 e. The largest absolute Gasteiger partial charge is 0.497 e. The predicted molar refractivity (Wildman–Crippen MR) is 116 cm³/mol. The van der Waals surface area contributed by atoms with Gasteiger partial charge in [0.25, 0.3) is 5.56 Å². The molecule has 0 unspecified atom stereocenters. The third-order valence-corrected chi connectivity index (χ3v) is 5.94. The Balaban J connectivity index is 1.59. The molecule has 156 valence electrons. The van der Waals surface area contributed by atoms with Crippen LogP contribution < -0.4 is 20.3 Å². The van der Waals surface area contributed by atoms with Crippen molar-refractivity contribution in [1.82, 2.24) is 19.5 Å². The summed E-state index contributed by atoms with van der Waals surface area (Å²) in [5, 5.41) is 10.2. The molecule has 30 heavy (non-hydrogen) atoms. The van der Waals surface area contributed by atoms with E-state index in [9.17, 15) is 9.59 Å². The number of ether oxygens (including phenoxy) is 2. The summed E-state index contributed by atoms with van der Waals surface area (Å²) < 4.78 is 13.7. The zero-order valence-electron chi connectivity index (χ0n) is 17.1. The van der Waals surface area contributed by atoms with Crippen LogP contribution in [0.15, 0.2) is 40.5 Å². The topological polar surface area (TPSA) is 86.9 Å². The van der Waals surface area contributed by atoms with Gasteiger partial charge in [-0.05, 0) is 49.6 Å². The molecule has 0 radical (unpaired) electrons. The maximum atomic E-state index is 12.9. The number of amides is 1. The zero-order chi connectivity index (χ0) is 21.4. The fourth-order valence-electron chi connectivity index (χ4n) is 3.59. The Hall–Kier alpha value is -3.33. The van der Waals surface area contributed by atoms with Gasteiger partial charge in [0.05, 0.1) is 20.3 Å². The smallest absolute Gasteiger partial charge is 0.291 e. The monoisotopic (exact) mass is 426 g/mol. The lowest BCUT2D eigenvalue weighted by Gasteiger charge is -2.18. The standard InChI is InChI=1S/C21H22N4O4S/c1-12(16-10-15(28-3)5-6-18(16)29-4)22-19(26)11-24-20(27)17-9-14-7-8-30-21(14)25(17)13(2)23-24/h5-10,12H,11H2,1-4H3,(H,22,26)/t12-/m1/s1. The van der Waals surface area contributed by atoms with E-state index in [1.165, 1.54) is 4.68 Å². The van der Waals surface area contributed by atoms with Crippen LogP contribution in [-0.2, 0) is 11.3 Å². The molecule has 4 aromatic rings. The molecule has 0 aliphatic rings. The Morgan fingerprint density at radius 3 is 2.77 bits per heavy atom. The molecule has 4 rings (SSSR count). The number of aryl methyl sites for hydroxylation is 1. The lowest BCUT2D eigenvalue weighted by molar-refractivity contribution is -0.122. The van der Waals surface area contributed by atoms with Gasteiger partial charge < -0.3 is 14.8 Å². The van der Waals surface area contributed by atoms with Crippen LogP contribution >= 0.6 is 11.3 Å². The minimum absolute atomic E-state index is 0.175. The van der Waals surface area contributed by atoms with E-state index in [1.807, 2.05) is 41.8 Å². The fourth-order valence-corrected chi connectivity index (χ4v) is 4.53. The Labute approximate surface area is 176 Å². The van der Waals surface area contributed by atoms with Crippen molar-refractivity contribution < 1.29 is 14.3 Å². The van der Waals surface area contributed by atoms with Gasteiger partial charge in [-0.15, -0.1) is 11.3 Å². The minimum Gasteiger partial charge on any atom is -0.497 e. The van der Waals surface area contributed by atoms with Crippen LogP contribution in [0.1, 0.15) is 24.4 Å². The van der Waals surface area contributed by atoms with Crippen molar-refractivity contribution in [2.45, 2.75) is 26.4 Å². The number of benzene rings is 1. The first-order valence-corrected chi connectivity index (χ1v) is 10.3. The SMILES string of the molecule is COc1ccc(OC)c([C@@H](C)NC(=O)Cn2nc(C)n3c(cc4ccsc43)c2=O)c1. The van der Waals surface area contributed by atoms with Gasteiger partial charge in [-0.2, -0.15) is 5.10 Å². The summed E-state index contributed by atoms with van der Waals surface area (Å²) in [6.07, 6.45) is 0. The van der Waals surface area contributed by atoms with Crippen molar-refractivity contribution >= 4 is 33.0 Å². The van der Waals surface area contributed by atoms with E-state index in [4.69, 9.17) is 9.47 Å². The van der Waals surface area contributed by atoms with Gasteiger partial charge in [0.15, 0.2) is 0 Å². The average Bonchev–Trinajstić information content (AvgIpc) is 3.32. The highest BCUT2D eigenvalue weighted by Crippen LogP contribution is 2.29. The van der Waals surface area contributed by atoms with Crippen LogP contribution in [0, 0.1) is 6.92 Å². The maximum absolute atomic E-state index is 12.9. The van der Waals surface area contributed by atoms with Crippen LogP contribution in [-0.4, -0.2) is 34.3 Å². The summed E-state index contributed by atoms with van der Waals surface area (Å²) in [5.41, 5.74) is 0.995. The third kappa shape index (κ3) is 3.41. The van der Waals surface area contributed by atoms with Gasteiger partial charge >= 0.3 is 0 Å². The molecule has 3 heterocycles. The minimum atomic E-state index is -0.346. The fraction of sp³-hybridized carbons (Fsp3) is 0.286. The van der Waals surface area contributed by atoms with Gasteiger partial charge in [-0.3, -0.25) is 14.0 Å². The van der Waals surface area contributed by atoms with E-state index in [-0.39, 0.29) is 24.1 Å². The van der Waals surface area contributed by atoms with Crippen LogP contribution in [0.4, 0.5) is 0 Å². The molecule has 0 spiro atoms. The zero-order valence-corrected chi connectivity index (χ0v) is 17.9. The van der Waals surface area contributed by atoms with Gasteiger partial charge in [-0.1, -0.05) is 0 Å².